The van der Waals surface area contributed by atoms with Crippen LogP contribution in [-0.4, -0.2) is 47.2 Å². The first-order chi connectivity index (χ1) is 6.87. The molecule has 0 spiro atoms. The van der Waals surface area contributed by atoms with E-state index in [2.05, 4.69) is 0 Å². The van der Waals surface area contributed by atoms with E-state index >= 15 is 0 Å². The van der Waals surface area contributed by atoms with Gasteiger partial charge in [0.15, 0.2) is 0 Å². The quantitative estimate of drug-likeness (QED) is 0.712. The molecule has 5 heteroatoms. The molecule has 0 aliphatic heterocycles. The maximum atomic E-state index is 11.6. The van der Waals surface area contributed by atoms with Crippen molar-refractivity contribution < 1.29 is 19.4 Å². The number of carbonyl (C=O) groups is 2. The lowest BCUT2D eigenvalue weighted by atomic mass is 10.0. The number of carboxylic acid groups (broad SMARTS) is 1. The van der Waals surface area contributed by atoms with Gasteiger partial charge < -0.3 is 14.7 Å². The van der Waals surface area contributed by atoms with Crippen molar-refractivity contribution in [2.24, 2.45) is 0 Å². The van der Waals surface area contributed by atoms with Crippen LogP contribution in [-0.2, 0) is 14.3 Å². The van der Waals surface area contributed by atoms with Crippen molar-refractivity contribution in [1.29, 1.82) is 0 Å². The number of likely N-dealkylation sites (N-methyl/N-ethyl adjacent to an activating group) is 1. The summed E-state index contributed by atoms with van der Waals surface area (Å²) >= 11 is 0. The van der Waals surface area contributed by atoms with Crippen LogP contribution in [0, 0.1) is 0 Å². The Balaban J connectivity index is 4.61. The predicted octanol–water partition coefficient (Wildman–Crippen LogP) is 0.735. The van der Waals surface area contributed by atoms with Gasteiger partial charge in [-0.25, -0.2) is 4.79 Å². The number of carbonyl (C=O) groups excluding carboxylic acids is 1. The molecular weight excluding hydrogens is 198 g/mol. The molecule has 0 aromatic carbocycles. The summed E-state index contributed by atoms with van der Waals surface area (Å²) in [6.07, 6.45) is 0. The van der Waals surface area contributed by atoms with E-state index in [9.17, 15) is 9.59 Å². The maximum absolute atomic E-state index is 11.6. The second-order valence-electron chi connectivity index (χ2n) is 3.64. The van der Waals surface area contributed by atoms with Crippen LogP contribution in [0.15, 0.2) is 0 Å². The summed E-state index contributed by atoms with van der Waals surface area (Å²) in [6.45, 7) is 7.26. The van der Waals surface area contributed by atoms with E-state index in [1.54, 1.807) is 13.8 Å². The molecule has 0 bridgehead atoms. The van der Waals surface area contributed by atoms with Crippen LogP contribution in [0.25, 0.3) is 0 Å². The minimum Gasteiger partial charge on any atom is -0.480 e. The van der Waals surface area contributed by atoms with Crippen LogP contribution in [0.3, 0.4) is 0 Å². The van der Waals surface area contributed by atoms with E-state index in [1.807, 2.05) is 0 Å². The Hall–Kier alpha value is -1.10. The van der Waals surface area contributed by atoms with E-state index in [-0.39, 0.29) is 12.5 Å². The third-order valence-electron chi connectivity index (χ3n) is 2.25. The van der Waals surface area contributed by atoms with Gasteiger partial charge in [-0.1, -0.05) is 0 Å². The number of hydrogen-bond acceptors (Lipinski definition) is 3. The SMILES string of the molecule is CCOCC(=O)N(CC)C(C)(C)C(=O)O. The molecule has 1 amide bonds. The molecule has 0 aromatic heterocycles. The second kappa shape index (κ2) is 5.70. The molecule has 0 aliphatic carbocycles. The lowest BCUT2D eigenvalue weighted by molar-refractivity contribution is -0.158. The van der Waals surface area contributed by atoms with Gasteiger partial charge in [0.25, 0.3) is 0 Å². The topological polar surface area (TPSA) is 66.8 Å². The molecule has 5 nitrogen and oxygen atoms in total. The molecule has 0 heterocycles. The van der Waals surface area contributed by atoms with Crippen molar-refractivity contribution >= 4 is 11.9 Å². The Bertz CT molecular complexity index is 238. The number of amides is 1. The normalized spacial score (nSPS) is 11.2. The Labute approximate surface area is 90.0 Å². The van der Waals surface area contributed by atoms with Crippen LogP contribution >= 0.6 is 0 Å². The first kappa shape index (κ1) is 13.9. The number of carboxylic acids is 1. The largest absolute Gasteiger partial charge is 0.480 e. The highest BCUT2D eigenvalue weighted by atomic mass is 16.5. The number of nitrogens with zero attached hydrogens (tertiary/aromatic N) is 1. The lowest BCUT2D eigenvalue weighted by Crippen LogP contribution is -2.53. The Morgan fingerprint density at radius 1 is 1.33 bits per heavy atom. The molecule has 15 heavy (non-hydrogen) atoms. The molecule has 0 unspecified atom stereocenters. The highest BCUT2D eigenvalue weighted by Crippen LogP contribution is 2.14. The van der Waals surface area contributed by atoms with Crippen molar-refractivity contribution in [3.05, 3.63) is 0 Å². The van der Waals surface area contributed by atoms with Gasteiger partial charge in [0.1, 0.15) is 12.1 Å². The zero-order valence-electron chi connectivity index (χ0n) is 9.74. The van der Waals surface area contributed by atoms with E-state index in [4.69, 9.17) is 9.84 Å². The summed E-state index contributed by atoms with van der Waals surface area (Å²) in [7, 11) is 0. The summed E-state index contributed by atoms with van der Waals surface area (Å²) < 4.78 is 4.97. The molecule has 0 rings (SSSR count). The van der Waals surface area contributed by atoms with Gasteiger partial charge in [-0.3, -0.25) is 4.79 Å². The lowest BCUT2D eigenvalue weighted by Gasteiger charge is -2.34. The van der Waals surface area contributed by atoms with Crippen molar-refractivity contribution in [2.75, 3.05) is 19.8 Å². The fourth-order valence-corrected chi connectivity index (χ4v) is 1.27. The van der Waals surface area contributed by atoms with Crippen LogP contribution in [0.5, 0.6) is 0 Å². The predicted molar refractivity (Wildman–Crippen MR) is 55.6 cm³/mol. The van der Waals surface area contributed by atoms with Crippen molar-refractivity contribution in [1.82, 2.24) is 4.90 Å². The molecule has 1 N–H and O–H groups in total. The minimum atomic E-state index is -1.19. The van der Waals surface area contributed by atoms with Gasteiger partial charge in [0, 0.05) is 13.2 Å². The van der Waals surface area contributed by atoms with E-state index in [0.29, 0.717) is 13.2 Å². The number of hydrogen-bond donors (Lipinski definition) is 1. The average molecular weight is 217 g/mol. The van der Waals surface area contributed by atoms with Gasteiger partial charge in [0.05, 0.1) is 0 Å². The van der Waals surface area contributed by atoms with Gasteiger partial charge in [-0.15, -0.1) is 0 Å². The zero-order chi connectivity index (χ0) is 12.1. The molecule has 0 fully saturated rings. The van der Waals surface area contributed by atoms with Crippen LogP contribution in [0.1, 0.15) is 27.7 Å². The minimum absolute atomic E-state index is 0.0684. The monoisotopic (exact) mass is 217 g/mol. The van der Waals surface area contributed by atoms with Gasteiger partial charge >= 0.3 is 5.97 Å². The molecule has 0 atom stereocenters. The number of rotatable bonds is 6. The summed E-state index contributed by atoms with van der Waals surface area (Å²) in [4.78, 5) is 23.9. The van der Waals surface area contributed by atoms with Crippen LogP contribution in [0.2, 0.25) is 0 Å². The summed E-state index contributed by atoms with van der Waals surface area (Å²) in [5.74, 6) is -1.32. The Morgan fingerprint density at radius 2 is 1.87 bits per heavy atom. The van der Waals surface area contributed by atoms with E-state index in [1.165, 1.54) is 18.7 Å². The molecule has 0 radical (unpaired) electrons. The highest BCUT2D eigenvalue weighted by molar-refractivity contribution is 5.86. The summed E-state index contributed by atoms with van der Waals surface area (Å²) in [6, 6.07) is 0. The average Bonchev–Trinajstić information content (AvgIpc) is 2.15. The van der Waals surface area contributed by atoms with Crippen molar-refractivity contribution in [2.45, 2.75) is 33.2 Å². The molecule has 0 aliphatic rings. The second-order valence-corrected chi connectivity index (χ2v) is 3.64. The molecule has 88 valence electrons. The fraction of sp³-hybridized carbons (Fsp3) is 0.800. The van der Waals surface area contributed by atoms with Gasteiger partial charge in [0.2, 0.25) is 5.91 Å². The molecule has 0 saturated heterocycles. The Kier molecular flexibility index (Phi) is 5.28. The number of ether oxygens (including phenoxy) is 1. The number of aliphatic carboxylic acids is 1. The molecule has 0 saturated carbocycles. The first-order valence-corrected chi connectivity index (χ1v) is 4.99. The Morgan fingerprint density at radius 3 is 2.20 bits per heavy atom. The fourth-order valence-electron chi connectivity index (χ4n) is 1.27. The third kappa shape index (κ3) is 3.51. The maximum Gasteiger partial charge on any atom is 0.329 e. The summed E-state index contributed by atoms with van der Waals surface area (Å²) in [5.41, 5.74) is -1.19. The van der Waals surface area contributed by atoms with Crippen molar-refractivity contribution in [3.63, 3.8) is 0 Å². The summed E-state index contributed by atoms with van der Waals surface area (Å²) in [5, 5.41) is 8.98. The smallest absolute Gasteiger partial charge is 0.329 e. The van der Waals surface area contributed by atoms with E-state index < -0.39 is 11.5 Å². The van der Waals surface area contributed by atoms with Crippen LogP contribution < -0.4 is 0 Å². The van der Waals surface area contributed by atoms with E-state index in [0.717, 1.165) is 0 Å². The highest BCUT2D eigenvalue weighted by Gasteiger charge is 2.36. The van der Waals surface area contributed by atoms with Gasteiger partial charge in [-0.2, -0.15) is 0 Å². The van der Waals surface area contributed by atoms with Gasteiger partial charge in [-0.05, 0) is 27.7 Å². The third-order valence-corrected chi connectivity index (χ3v) is 2.25. The first-order valence-electron chi connectivity index (χ1n) is 4.99. The van der Waals surface area contributed by atoms with Crippen molar-refractivity contribution in [3.8, 4) is 0 Å². The standard InChI is InChI=1S/C10H19NO4/c1-5-11(8(12)7-15-6-2)10(3,4)9(13)14/h5-7H2,1-4H3,(H,13,14). The molecular formula is C10H19NO4. The van der Waals surface area contributed by atoms with Crippen LogP contribution in [0.4, 0.5) is 0 Å². The molecule has 0 aromatic rings. The zero-order valence-corrected chi connectivity index (χ0v) is 9.74.